The molecule has 0 amide bonds. The molecule has 0 saturated carbocycles. The zero-order chi connectivity index (χ0) is 5.49. The molecule has 7 heavy (non-hydrogen) atoms. The molecule has 1 fully saturated rings. The molecule has 42 valence electrons. The third-order valence-corrected chi connectivity index (χ3v) is 1.13. The summed E-state index contributed by atoms with van der Waals surface area (Å²) < 4.78 is 0. The molecule has 0 atom stereocenters. The third kappa shape index (κ3) is 0.907. The molecule has 1 aliphatic heterocycles. The Balaban J connectivity index is 2.29. The van der Waals surface area contributed by atoms with Crippen LogP contribution in [0.2, 0.25) is 0 Å². The van der Waals surface area contributed by atoms with Crippen molar-refractivity contribution in [3.8, 4) is 0 Å². The number of likely N-dealkylation sites (N-methyl/N-ethyl adjacent to an activating group) is 1. The van der Waals surface area contributed by atoms with E-state index in [2.05, 4.69) is 4.90 Å². The molecule has 0 aromatic heterocycles. The molecule has 0 aliphatic carbocycles. The molecule has 0 aromatic rings. The Kier molecular flexibility index (Phi) is 0.849. The van der Waals surface area contributed by atoms with Crippen LogP contribution in [0.4, 0.5) is 0 Å². The molecule has 3 heteroatoms. The van der Waals surface area contributed by atoms with E-state index in [0.29, 0.717) is 0 Å². The van der Waals surface area contributed by atoms with Crippen molar-refractivity contribution in [2.45, 2.75) is 5.66 Å². The lowest BCUT2D eigenvalue weighted by Crippen LogP contribution is -2.71. The Hall–Kier alpha value is -0.120. The van der Waals surface area contributed by atoms with Gasteiger partial charge >= 0.3 is 0 Å². The fourth-order valence-corrected chi connectivity index (χ4v) is 0.959. The average molecular weight is 101 g/mol. The second-order valence-electron chi connectivity index (χ2n) is 2.41. The summed E-state index contributed by atoms with van der Waals surface area (Å²) in [7, 11) is 2.00. The Morgan fingerprint density at radius 2 is 1.86 bits per heavy atom. The van der Waals surface area contributed by atoms with E-state index in [0.717, 1.165) is 13.1 Å². The highest BCUT2D eigenvalue weighted by Crippen LogP contribution is 2.07. The SMILES string of the molecule is CN1CC(N)(N)C1. The van der Waals surface area contributed by atoms with E-state index >= 15 is 0 Å². The van der Waals surface area contributed by atoms with E-state index in [1.807, 2.05) is 7.05 Å². The van der Waals surface area contributed by atoms with Crippen molar-refractivity contribution >= 4 is 0 Å². The maximum Gasteiger partial charge on any atom is 0.0897 e. The lowest BCUT2D eigenvalue weighted by Gasteiger charge is -2.42. The Morgan fingerprint density at radius 3 is 1.86 bits per heavy atom. The van der Waals surface area contributed by atoms with Crippen LogP contribution in [0.25, 0.3) is 0 Å². The van der Waals surface area contributed by atoms with E-state index in [1.165, 1.54) is 0 Å². The molecule has 0 unspecified atom stereocenters. The second kappa shape index (κ2) is 1.18. The van der Waals surface area contributed by atoms with Gasteiger partial charge in [-0.2, -0.15) is 0 Å². The maximum absolute atomic E-state index is 5.45. The van der Waals surface area contributed by atoms with E-state index in [4.69, 9.17) is 11.5 Å². The first-order chi connectivity index (χ1) is 3.10. The van der Waals surface area contributed by atoms with E-state index in [9.17, 15) is 0 Å². The van der Waals surface area contributed by atoms with Gasteiger partial charge in [0.1, 0.15) is 0 Å². The zero-order valence-electron chi connectivity index (χ0n) is 4.52. The molecular formula is C4H11N3. The van der Waals surface area contributed by atoms with Crippen LogP contribution in [-0.4, -0.2) is 30.7 Å². The summed E-state index contributed by atoms with van der Waals surface area (Å²) in [5.41, 5.74) is 10.5. The van der Waals surface area contributed by atoms with E-state index in [-0.39, 0.29) is 5.66 Å². The summed E-state index contributed by atoms with van der Waals surface area (Å²) in [5.74, 6) is 0. The van der Waals surface area contributed by atoms with Crippen molar-refractivity contribution in [1.29, 1.82) is 0 Å². The van der Waals surface area contributed by atoms with Gasteiger partial charge in [-0.15, -0.1) is 0 Å². The maximum atomic E-state index is 5.45. The molecule has 1 saturated heterocycles. The highest BCUT2D eigenvalue weighted by atomic mass is 15.3. The van der Waals surface area contributed by atoms with Crippen molar-refractivity contribution in [3.05, 3.63) is 0 Å². The Labute approximate surface area is 43.3 Å². The summed E-state index contributed by atoms with van der Waals surface area (Å²) >= 11 is 0. The van der Waals surface area contributed by atoms with Gasteiger partial charge in [0.05, 0.1) is 5.66 Å². The normalized spacial score (nSPS) is 29.6. The van der Waals surface area contributed by atoms with Gasteiger partial charge < -0.3 is 11.5 Å². The monoisotopic (exact) mass is 101 g/mol. The molecule has 1 heterocycles. The lowest BCUT2D eigenvalue weighted by molar-refractivity contribution is 0.105. The molecule has 0 aromatic carbocycles. The summed E-state index contributed by atoms with van der Waals surface area (Å²) in [4.78, 5) is 2.08. The minimum Gasteiger partial charge on any atom is -0.311 e. The first-order valence-corrected chi connectivity index (χ1v) is 2.36. The highest BCUT2D eigenvalue weighted by Gasteiger charge is 2.32. The quantitative estimate of drug-likeness (QED) is 0.367. The molecule has 1 aliphatic rings. The standard InChI is InChI=1S/C4H11N3/c1-7-2-4(5,6)3-7/h2-3,5-6H2,1H3. The van der Waals surface area contributed by atoms with Gasteiger partial charge in [-0.1, -0.05) is 0 Å². The predicted molar refractivity (Wildman–Crippen MR) is 28.6 cm³/mol. The van der Waals surface area contributed by atoms with Crippen molar-refractivity contribution in [2.24, 2.45) is 11.5 Å². The molecule has 4 N–H and O–H groups in total. The van der Waals surface area contributed by atoms with Crippen LogP contribution in [0.5, 0.6) is 0 Å². The molecule has 0 spiro atoms. The van der Waals surface area contributed by atoms with Crippen LogP contribution in [-0.2, 0) is 0 Å². The van der Waals surface area contributed by atoms with Crippen LogP contribution >= 0.6 is 0 Å². The average Bonchev–Trinajstić information content (AvgIpc) is 1.27. The minimum absolute atomic E-state index is 0.380. The van der Waals surface area contributed by atoms with Gasteiger partial charge in [0.15, 0.2) is 0 Å². The second-order valence-corrected chi connectivity index (χ2v) is 2.41. The number of hydrogen-bond acceptors (Lipinski definition) is 3. The predicted octanol–water partition coefficient (Wildman–Crippen LogP) is -1.45. The van der Waals surface area contributed by atoms with Crippen molar-refractivity contribution < 1.29 is 0 Å². The zero-order valence-corrected chi connectivity index (χ0v) is 4.52. The first kappa shape index (κ1) is 5.03. The number of nitrogens with zero attached hydrogens (tertiary/aromatic N) is 1. The molecular weight excluding hydrogens is 90.1 g/mol. The van der Waals surface area contributed by atoms with Crippen LogP contribution in [0.3, 0.4) is 0 Å². The summed E-state index contributed by atoms with van der Waals surface area (Å²) in [5, 5.41) is 0. The van der Waals surface area contributed by atoms with Crippen LogP contribution in [0.15, 0.2) is 0 Å². The van der Waals surface area contributed by atoms with Gasteiger partial charge in [0, 0.05) is 13.1 Å². The van der Waals surface area contributed by atoms with Gasteiger partial charge in [0.25, 0.3) is 0 Å². The number of rotatable bonds is 0. The molecule has 3 nitrogen and oxygen atoms in total. The molecule has 0 radical (unpaired) electrons. The fourth-order valence-electron chi connectivity index (χ4n) is 0.959. The van der Waals surface area contributed by atoms with Gasteiger partial charge in [0.2, 0.25) is 0 Å². The summed E-state index contributed by atoms with van der Waals surface area (Å²) in [6, 6.07) is 0. The molecule has 0 bridgehead atoms. The summed E-state index contributed by atoms with van der Waals surface area (Å²) in [6.45, 7) is 1.65. The van der Waals surface area contributed by atoms with Crippen LogP contribution in [0.1, 0.15) is 0 Å². The first-order valence-electron chi connectivity index (χ1n) is 2.36. The minimum atomic E-state index is -0.380. The Morgan fingerprint density at radius 1 is 1.43 bits per heavy atom. The van der Waals surface area contributed by atoms with E-state index in [1.54, 1.807) is 0 Å². The third-order valence-electron chi connectivity index (χ3n) is 1.13. The topological polar surface area (TPSA) is 55.3 Å². The highest BCUT2D eigenvalue weighted by molar-refractivity contribution is 4.92. The van der Waals surface area contributed by atoms with Crippen LogP contribution < -0.4 is 11.5 Å². The van der Waals surface area contributed by atoms with Gasteiger partial charge in [-0.25, -0.2) is 0 Å². The number of likely N-dealkylation sites (tertiary alicyclic amines) is 1. The van der Waals surface area contributed by atoms with Crippen LogP contribution in [0, 0.1) is 0 Å². The fraction of sp³-hybridized carbons (Fsp3) is 1.00. The van der Waals surface area contributed by atoms with E-state index < -0.39 is 0 Å². The van der Waals surface area contributed by atoms with Gasteiger partial charge in [-0.05, 0) is 7.05 Å². The summed E-state index contributed by atoms with van der Waals surface area (Å²) in [6.07, 6.45) is 0. The largest absolute Gasteiger partial charge is 0.311 e. The van der Waals surface area contributed by atoms with Crippen molar-refractivity contribution in [3.63, 3.8) is 0 Å². The smallest absolute Gasteiger partial charge is 0.0897 e. The Bertz CT molecular complexity index is 71.0. The van der Waals surface area contributed by atoms with Gasteiger partial charge in [-0.3, -0.25) is 4.90 Å². The van der Waals surface area contributed by atoms with Crippen molar-refractivity contribution in [2.75, 3.05) is 20.1 Å². The van der Waals surface area contributed by atoms with Crippen molar-refractivity contribution in [1.82, 2.24) is 4.90 Å². The number of nitrogens with two attached hydrogens (primary N) is 2. The number of hydrogen-bond donors (Lipinski definition) is 2. The lowest BCUT2D eigenvalue weighted by atomic mass is 10.1. The molecule has 1 rings (SSSR count).